The molecule has 1 aliphatic heterocycles. The molecule has 26 heavy (non-hydrogen) atoms. The van der Waals surface area contributed by atoms with Gasteiger partial charge in [-0.2, -0.15) is 5.10 Å². The van der Waals surface area contributed by atoms with Gasteiger partial charge in [-0.05, 0) is 18.6 Å². The SMILES string of the molecule is COc1cccc(CC(=O)N[C@@H]2CCC(=O)N(C)[C@H]2c2ccnn2C)n1. The number of likely N-dealkylation sites (tertiary alicyclic amines) is 1. The lowest BCUT2D eigenvalue weighted by Gasteiger charge is -2.39. The Morgan fingerprint density at radius 1 is 1.35 bits per heavy atom. The van der Waals surface area contributed by atoms with Crippen molar-refractivity contribution in [3.63, 3.8) is 0 Å². The van der Waals surface area contributed by atoms with Gasteiger partial charge in [-0.1, -0.05) is 6.07 Å². The number of pyridine rings is 1. The fourth-order valence-electron chi connectivity index (χ4n) is 3.36. The first-order valence-electron chi connectivity index (χ1n) is 8.52. The molecular formula is C18H23N5O3. The van der Waals surface area contributed by atoms with E-state index in [1.54, 1.807) is 48.1 Å². The molecule has 1 saturated heterocycles. The monoisotopic (exact) mass is 357 g/mol. The third-order valence-corrected chi connectivity index (χ3v) is 4.70. The molecule has 1 N–H and O–H groups in total. The molecular weight excluding hydrogens is 334 g/mol. The van der Waals surface area contributed by atoms with Gasteiger partial charge >= 0.3 is 0 Å². The Balaban J connectivity index is 1.74. The van der Waals surface area contributed by atoms with Crippen molar-refractivity contribution >= 4 is 11.8 Å². The van der Waals surface area contributed by atoms with Crippen LogP contribution in [-0.2, 0) is 23.1 Å². The van der Waals surface area contributed by atoms with Crippen LogP contribution in [0.15, 0.2) is 30.5 Å². The van der Waals surface area contributed by atoms with Crippen LogP contribution in [0.1, 0.15) is 30.3 Å². The molecule has 138 valence electrons. The minimum Gasteiger partial charge on any atom is -0.481 e. The second-order valence-electron chi connectivity index (χ2n) is 6.39. The molecule has 0 aliphatic carbocycles. The van der Waals surface area contributed by atoms with E-state index in [0.717, 1.165) is 5.69 Å². The van der Waals surface area contributed by atoms with E-state index in [-0.39, 0.29) is 30.3 Å². The first-order chi connectivity index (χ1) is 12.5. The van der Waals surface area contributed by atoms with Crippen LogP contribution in [0, 0.1) is 0 Å². The van der Waals surface area contributed by atoms with E-state index in [9.17, 15) is 9.59 Å². The van der Waals surface area contributed by atoms with Crippen molar-refractivity contribution in [2.75, 3.05) is 14.2 Å². The summed E-state index contributed by atoms with van der Waals surface area (Å²) in [7, 11) is 5.14. The van der Waals surface area contributed by atoms with Gasteiger partial charge in [0, 0.05) is 32.8 Å². The fourth-order valence-corrected chi connectivity index (χ4v) is 3.36. The van der Waals surface area contributed by atoms with Crippen molar-refractivity contribution < 1.29 is 14.3 Å². The van der Waals surface area contributed by atoms with Gasteiger partial charge in [-0.3, -0.25) is 14.3 Å². The third kappa shape index (κ3) is 3.68. The van der Waals surface area contributed by atoms with Crippen LogP contribution >= 0.6 is 0 Å². The van der Waals surface area contributed by atoms with Crippen LogP contribution in [0.25, 0.3) is 0 Å². The number of aryl methyl sites for hydroxylation is 1. The highest BCUT2D eigenvalue weighted by Crippen LogP contribution is 2.30. The predicted octanol–water partition coefficient (Wildman–Crippen LogP) is 0.844. The highest BCUT2D eigenvalue weighted by atomic mass is 16.5. The van der Waals surface area contributed by atoms with E-state index < -0.39 is 0 Å². The average molecular weight is 357 g/mol. The number of piperidine rings is 1. The normalized spacial score (nSPS) is 20.1. The van der Waals surface area contributed by atoms with E-state index in [0.29, 0.717) is 24.4 Å². The molecule has 1 fully saturated rings. The lowest BCUT2D eigenvalue weighted by atomic mass is 9.93. The van der Waals surface area contributed by atoms with Gasteiger partial charge in [0.15, 0.2) is 0 Å². The number of carbonyl (C=O) groups is 2. The molecule has 8 heteroatoms. The molecule has 2 amide bonds. The maximum absolute atomic E-state index is 12.6. The van der Waals surface area contributed by atoms with E-state index in [1.165, 1.54) is 0 Å². The summed E-state index contributed by atoms with van der Waals surface area (Å²) in [6, 6.07) is 6.79. The van der Waals surface area contributed by atoms with Crippen LogP contribution in [0.3, 0.4) is 0 Å². The molecule has 2 aromatic rings. The summed E-state index contributed by atoms with van der Waals surface area (Å²) in [5.74, 6) is 0.410. The van der Waals surface area contributed by atoms with Gasteiger partial charge < -0.3 is 15.0 Å². The zero-order chi connectivity index (χ0) is 18.7. The quantitative estimate of drug-likeness (QED) is 0.857. The van der Waals surface area contributed by atoms with Crippen LogP contribution < -0.4 is 10.1 Å². The topological polar surface area (TPSA) is 89.4 Å². The Morgan fingerprint density at radius 3 is 2.85 bits per heavy atom. The Hall–Kier alpha value is -2.90. The summed E-state index contributed by atoms with van der Waals surface area (Å²) in [5, 5.41) is 7.26. The van der Waals surface area contributed by atoms with Crippen molar-refractivity contribution in [1.82, 2.24) is 25.0 Å². The molecule has 0 saturated carbocycles. The maximum Gasteiger partial charge on any atom is 0.226 e. The summed E-state index contributed by atoms with van der Waals surface area (Å²) in [5.41, 5.74) is 1.53. The van der Waals surface area contributed by atoms with E-state index >= 15 is 0 Å². The smallest absolute Gasteiger partial charge is 0.226 e. The predicted molar refractivity (Wildman–Crippen MR) is 94.4 cm³/mol. The number of hydrogen-bond donors (Lipinski definition) is 1. The second-order valence-corrected chi connectivity index (χ2v) is 6.39. The number of nitrogens with zero attached hydrogens (tertiary/aromatic N) is 4. The summed E-state index contributed by atoms with van der Waals surface area (Å²) < 4.78 is 6.83. The van der Waals surface area contributed by atoms with Gasteiger partial charge in [-0.15, -0.1) is 0 Å². The van der Waals surface area contributed by atoms with Crippen LogP contribution in [0.2, 0.25) is 0 Å². The minimum atomic E-state index is -0.244. The lowest BCUT2D eigenvalue weighted by Crippen LogP contribution is -2.51. The minimum absolute atomic E-state index is 0.0659. The number of ether oxygens (including phenoxy) is 1. The first-order valence-corrected chi connectivity index (χ1v) is 8.52. The zero-order valence-electron chi connectivity index (χ0n) is 15.2. The number of rotatable bonds is 5. The molecule has 0 unspecified atom stereocenters. The van der Waals surface area contributed by atoms with E-state index in [1.807, 2.05) is 13.1 Å². The van der Waals surface area contributed by atoms with Crippen LogP contribution in [-0.4, -0.2) is 51.7 Å². The van der Waals surface area contributed by atoms with Crippen molar-refractivity contribution in [3.05, 3.63) is 41.9 Å². The van der Waals surface area contributed by atoms with Crippen molar-refractivity contribution in [2.24, 2.45) is 7.05 Å². The van der Waals surface area contributed by atoms with E-state index in [2.05, 4.69) is 15.4 Å². The number of methoxy groups -OCH3 is 1. The molecule has 0 bridgehead atoms. The van der Waals surface area contributed by atoms with Gasteiger partial charge in [0.25, 0.3) is 0 Å². The molecule has 3 heterocycles. The molecule has 3 rings (SSSR count). The number of carbonyl (C=O) groups excluding carboxylic acids is 2. The summed E-state index contributed by atoms with van der Waals surface area (Å²) in [4.78, 5) is 30.7. The third-order valence-electron chi connectivity index (χ3n) is 4.70. The van der Waals surface area contributed by atoms with Gasteiger partial charge in [0.1, 0.15) is 0 Å². The summed E-state index contributed by atoms with van der Waals surface area (Å²) >= 11 is 0. The van der Waals surface area contributed by atoms with Gasteiger partial charge in [0.2, 0.25) is 17.7 Å². The van der Waals surface area contributed by atoms with Crippen molar-refractivity contribution in [1.29, 1.82) is 0 Å². The number of hydrogen-bond acceptors (Lipinski definition) is 5. The summed E-state index contributed by atoms with van der Waals surface area (Å²) in [6.45, 7) is 0. The maximum atomic E-state index is 12.6. The van der Waals surface area contributed by atoms with Gasteiger partial charge in [0.05, 0.1) is 37.0 Å². The van der Waals surface area contributed by atoms with Gasteiger partial charge in [-0.25, -0.2) is 4.98 Å². The molecule has 2 aromatic heterocycles. The lowest BCUT2D eigenvalue weighted by molar-refractivity contribution is -0.137. The molecule has 1 aliphatic rings. The Labute approximate surface area is 152 Å². The number of aromatic nitrogens is 3. The molecule has 0 radical (unpaired) electrons. The summed E-state index contributed by atoms with van der Waals surface area (Å²) in [6.07, 6.45) is 2.86. The zero-order valence-corrected chi connectivity index (χ0v) is 15.2. The standard InChI is InChI=1S/C18H23N5O3/c1-22-17(25)8-7-13(18(22)14-9-10-19-23(14)2)21-15(24)11-12-5-4-6-16(20-12)26-3/h4-6,9-10,13,18H,7-8,11H2,1-3H3,(H,21,24)/t13-,18-/m1/s1. The average Bonchev–Trinajstić information content (AvgIpc) is 3.04. The molecule has 0 aromatic carbocycles. The molecule has 8 nitrogen and oxygen atoms in total. The largest absolute Gasteiger partial charge is 0.481 e. The number of amides is 2. The molecule has 2 atom stereocenters. The van der Waals surface area contributed by atoms with Crippen molar-refractivity contribution in [3.8, 4) is 5.88 Å². The Morgan fingerprint density at radius 2 is 2.15 bits per heavy atom. The number of likely N-dealkylation sites (N-methyl/N-ethyl adjacent to an activating group) is 1. The Kier molecular flexibility index (Phi) is 5.20. The highest BCUT2D eigenvalue weighted by molar-refractivity contribution is 5.80. The second kappa shape index (κ2) is 7.55. The van der Waals surface area contributed by atoms with Crippen LogP contribution in [0.5, 0.6) is 5.88 Å². The first kappa shape index (κ1) is 17.9. The molecule has 0 spiro atoms. The fraction of sp³-hybridized carbons (Fsp3) is 0.444. The highest BCUT2D eigenvalue weighted by Gasteiger charge is 2.37. The van der Waals surface area contributed by atoms with E-state index in [4.69, 9.17) is 4.74 Å². The number of nitrogens with one attached hydrogen (secondary N) is 1. The Bertz CT molecular complexity index is 804. The van der Waals surface area contributed by atoms with Crippen LogP contribution in [0.4, 0.5) is 0 Å². The van der Waals surface area contributed by atoms with Crippen molar-refractivity contribution in [2.45, 2.75) is 31.3 Å².